The number of carbonyl (C=O) groups excluding carboxylic acids is 3. The molecular formula is C34H55NO7. The van der Waals surface area contributed by atoms with Crippen LogP contribution in [0.4, 0.5) is 0 Å². The van der Waals surface area contributed by atoms with Crippen LogP contribution in [0.25, 0.3) is 0 Å². The highest BCUT2D eigenvalue weighted by atomic mass is 16.6. The van der Waals surface area contributed by atoms with Crippen LogP contribution in [0, 0.1) is 0 Å². The Balaban J connectivity index is 1.93. The Bertz CT molecular complexity index is 895. The van der Waals surface area contributed by atoms with E-state index in [0.717, 1.165) is 44.1 Å². The fraction of sp³-hybridized carbons (Fsp3) is 0.706. The molecule has 0 unspecified atom stereocenters. The molecule has 1 atom stereocenters. The number of amides is 1. The number of carboxylic acids is 1. The van der Waals surface area contributed by atoms with Gasteiger partial charge in [0.25, 0.3) is 0 Å². The van der Waals surface area contributed by atoms with E-state index < -0.39 is 23.6 Å². The summed E-state index contributed by atoms with van der Waals surface area (Å²) in [5.74, 6) is -1.95. The molecule has 238 valence electrons. The second kappa shape index (κ2) is 22.7. The average Bonchev–Trinajstić information content (AvgIpc) is 2.93. The first-order chi connectivity index (χ1) is 20.1. The van der Waals surface area contributed by atoms with Crippen molar-refractivity contribution in [1.82, 2.24) is 5.32 Å². The predicted octanol–water partition coefficient (Wildman–Crippen LogP) is 7.66. The van der Waals surface area contributed by atoms with Crippen LogP contribution in [0.5, 0.6) is 0 Å². The third-order valence-corrected chi connectivity index (χ3v) is 6.95. The van der Waals surface area contributed by atoms with Crippen LogP contribution in [-0.2, 0) is 35.3 Å². The Kier molecular flexibility index (Phi) is 20.0. The van der Waals surface area contributed by atoms with Crippen molar-refractivity contribution < 1.29 is 33.8 Å². The molecule has 0 aliphatic rings. The molecule has 0 saturated carbocycles. The molecule has 42 heavy (non-hydrogen) atoms. The van der Waals surface area contributed by atoms with Crippen LogP contribution in [0.1, 0.15) is 142 Å². The van der Waals surface area contributed by atoms with Gasteiger partial charge in [-0.05, 0) is 45.6 Å². The van der Waals surface area contributed by atoms with Gasteiger partial charge in [0, 0.05) is 19.3 Å². The predicted molar refractivity (Wildman–Crippen MR) is 165 cm³/mol. The van der Waals surface area contributed by atoms with Crippen molar-refractivity contribution in [3.05, 3.63) is 35.9 Å². The quantitative estimate of drug-likeness (QED) is 0.0938. The van der Waals surface area contributed by atoms with E-state index in [2.05, 4.69) is 5.32 Å². The minimum absolute atomic E-state index is 0.0178. The number of unbranched alkanes of at least 4 members (excludes halogenated alkanes) is 13. The van der Waals surface area contributed by atoms with Crippen molar-refractivity contribution in [2.75, 3.05) is 0 Å². The molecule has 0 aliphatic heterocycles. The summed E-state index contributed by atoms with van der Waals surface area (Å²) in [6, 6.07) is 8.83. The van der Waals surface area contributed by atoms with E-state index >= 15 is 0 Å². The minimum Gasteiger partial charge on any atom is -0.481 e. The summed E-state index contributed by atoms with van der Waals surface area (Å²) >= 11 is 0. The Morgan fingerprint density at radius 2 is 1.19 bits per heavy atom. The van der Waals surface area contributed by atoms with E-state index in [1.807, 2.05) is 30.3 Å². The number of aliphatic carboxylic acids is 1. The van der Waals surface area contributed by atoms with Crippen LogP contribution in [-0.4, -0.2) is 40.6 Å². The summed E-state index contributed by atoms with van der Waals surface area (Å²) < 4.78 is 10.6. The molecule has 0 spiro atoms. The van der Waals surface area contributed by atoms with Gasteiger partial charge in [0.05, 0.1) is 0 Å². The Hall–Kier alpha value is -2.90. The highest BCUT2D eigenvalue weighted by Crippen LogP contribution is 2.15. The molecule has 0 aliphatic carbocycles. The van der Waals surface area contributed by atoms with Crippen molar-refractivity contribution in [1.29, 1.82) is 0 Å². The number of rotatable bonds is 24. The Morgan fingerprint density at radius 3 is 1.67 bits per heavy atom. The smallest absolute Gasteiger partial charge is 0.329 e. The molecule has 2 N–H and O–H groups in total. The highest BCUT2D eigenvalue weighted by molar-refractivity contribution is 5.85. The molecule has 0 bridgehead atoms. The van der Waals surface area contributed by atoms with Gasteiger partial charge in [-0.25, -0.2) is 4.79 Å². The van der Waals surface area contributed by atoms with E-state index in [1.54, 1.807) is 20.8 Å². The molecule has 1 rings (SSSR count). The number of benzene rings is 1. The molecule has 8 nitrogen and oxygen atoms in total. The number of hydrogen-bond acceptors (Lipinski definition) is 6. The Labute approximate surface area is 253 Å². The zero-order chi connectivity index (χ0) is 31.1. The van der Waals surface area contributed by atoms with Crippen LogP contribution in [0.15, 0.2) is 30.3 Å². The lowest BCUT2D eigenvalue weighted by molar-refractivity contribution is -0.159. The van der Waals surface area contributed by atoms with Crippen molar-refractivity contribution in [2.24, 2.45) is 0 Å². The SMILES string of the molecule is CC(C)(C)OC(=O)[C@H](CCC(=O)O)NC(=O)CCCCCCCCCCCCCCCCC(=O)OCc1ccccc1. The second-order valence-corrected chi connectivity index (χ2v) is 12.2. The minimum atomic E-state index is -1.01. The average molecular weight is 590 g/mol. The molecule has 1 aromatic rings. The second-order valence-electron chi connectivity index (χ2n) is 12.2. The first kappa shape index (κ1) is 37.1. The molecule has 0 aromatic heterocycles. The van der Waals surface area contributed by atoms with Gasteiger partial charge in [-0.15, -0.1) is 0 Å². The highest BCUT2D eigenvalue weighted by Gasteiger charge is 2.27. The number of nitrogens with one attached hydrogen (secondary N) is 1. The van der Waals surface area contributed by atoms with Gasteiger partial charge < -0.3 is 19.9 Å². The van der Waals surface area contributed by atoms with Crippen molar-refractivity contribution in [3.8, 4) is 0 Å². The lowest BCUT2D eigenvalue weighted by Gasteiger charge is -2.24. The van der Waals surface area contributed by atoms with Crippen molar-refractivity contribution in [3.63, 3.8) is 0 Å². The molecule has 0 heterocycles. The van der Waals surface area contributed by atoms with Gasteiger partial charge in [0.2, 0.25) is 5.91 Å². The lowest BCUT2D eigenvalue weighted by Crippen LogP contribution is -2.44. The number of carbonyl (C=O) groups is 4. The maximum Gasteiger partial charge on any atom is 0.329 e. The zero-order valence-corrected chi connectivity index (χ0v) is 26.3. The zero-order valence-electron chi connectivity index (χ0n) is 26.3. The fourth-order valence-electron chi connectivity index (χ4n) is 4.64. The van der Waals surface area contributed by atoms with Crippen LogP contribution < -0.4 is 5.32 Å². The van der Waals surface area contributed by atoms with Crippen LogP contribution >= 0.6 is 0 Å². The molecule has 1 amide bonds. The van der Waals surface area contributed by atoms with E-state index in [-0.39, 0.29) is 24.7 Å². The van der Waals surface area contributed by atoms with E-state index in [9.17, 15) is 19.2 Å². The van der Waals surface area contributed by atoms with E-state index in [1.165, 1.54) is 51.4 Å². The summed E-state index contributed by atoms with van der Waals surface area (Å²) in [5, 5.41) is 11.6. The number of ether oxygens (including phenoxy) is 2. The normalized spacial score (nSPS) is 12.0. The summed E-state index contributed by atoms with van der Waals surface area (Å²) in [5.41, 5.74) is 0.319. The first-order valence-electron chi connectivity index (χ1n) is 16.0. The largest absolute Gasteiger partial charge is 0.481 e. The van der Waals surface area contributed by atoms with E-state index in [4.69, 9.17) is 14.6 Å². The maximum atomic E-state index is 12.4. The molecule has 0 radical (unpaired) electrons. The van der Waals surface area contributed by atoms with Gasteiger partial charge in [0.1, 0.15) is 18.2 Å². The van der Waals surface area contributed by atoms with Gasteiger partial charge in [-0.1, -0.05) is 107 Å². The standard InChI is InChI=1S/C34H55NO7/c1-34(2,3)42-33(40)29(25-26-31(37)38)35-30(36)23-19-14-12-10-8-6-4-5-7-9-11-13-15-20-24-32(39)41-27-28-21-17-16-18-22-28/h16-18,21-22,29H,4-15,19-20,23-27H2,1-3H3,(H,35,36)(H,37,38)/t29-/m0/s1. The number of hydrogen-bond donors (Lipinski definition) is 2. The van der Waals surface area contributed by atoms with Crippen LogP contribution in [0.2, 0.25) is 0 Å². The molecular weight excluding hydrogens is 534 g/mol. The van der Waals surface area contributed by atoms with Crippen LogP contribution in [0.3, 0.4) is 0 Å². The topological polar surface area (TPSA) is 119 Å². The third-order valence-electron chi connectivity index (χ3n) is 6.95. The van der Waals surface area contributed by atoms with Crippen molar-refractivity contribution in [2.45, 2.75) is 155 Å². The number of carboxylic acid groups (broad SMARTS) is 1. The van der Waals surface area contributed by atoms with Crippen molar-refractivity contribution >= 4 is 23.8 Å². The molecule has 0 saturated heterocycles. The summed E-state index contributed by atoms with van der Waals surface area (Å²) in [7, 11) is 0. The summed E-state index contributed by atoms with van der Waals surface area (Å²) in [4.78, 5) is 47.4. The van der Waals surface area contributed by atoms with Gasteiger partial charge >= 0.3 is 17.9 Å². The molecule has 0 fully saturated rings. The fourth-order valence-corrected chi connectivity index (χ4v) is 4.64. The summed E-state index contributed by atoms with van der Waals surface area (Å²) in [6.07, 6.45) is 16.5. The number of esters is 2. The van der Waals surface area contributed by atoms with Gasteiger partial charge in [-0.3, -0.25) is 14.4 Å². The molecule has 1 aromatic carbocycles. The van der Waals surface area contributed by atoms with Gasteiger partial charge in [0.15, 0.2) is 0 Å². The monoisotopic (exact) mass is 589 g/mol. The lowest BCUT2D eigenvalue weighted by atomic mass is 10.0. The first-order valence-corrected chi connectivity index (χ1v) is 16.0. The molecule has 8 heteroatoms. The maximum absolute atomic E-state index is 12.4. The van der Waals surface area contributed by atoms with Gasteiger partial charge in [-0.2, -0.15) is 0 Å². The van der Waals surface area contributed by atoms with E-state index in [0.29, 0.717) is 19.4 Å². The third kappa shape index (κ3) is 21.8. The summed E-state index contributed by atoms with van der Waals surface area (Å²) in [6.45, 7) is 5.57. The Morgan fingerprint density at radius 1 is 0.714 bits per heavy atom.